The summed E-state index contributed by atoms with van der Waals surface area (Å²) in [5.41, 5.74) is 2.54. The Hall–Kier alpha value is -3.47. The molecule has 0 amide bonds. The average molecular weight is 496 g/mol. The van der Waals surface area contributed by atoms with Crippen LogP contribution in [0.1, 0.15) is 24.1 Å². The molecule has 11 heteroatoms. The Morgan fingerprint density at radius 1 is 1.06 bits per heavy atom. The Morgan fingerprint density at radius 3 is 2.57 bits per heavy atom. The molecule has 5 rings (SSSR count). The monoisotopic (exact) mass is 495 g/mol. The third-order valence-corrected chi connectivity index (χ3v) is 7.60. The van der Waals surface area contributed by atoms with Crippen LogP contribution < -0.4 is 19.9 Å². The first-order valence-corrected chi connectivity index (χ1v) is 13.6. The lowest BCUT2D eigenvalue weighted by Crippen LogP contribution is -2.48. The highest BCUT2D eigenvalue weighted by Gasteiger charge is 2.32. The summed E-state index contributed by atoms with van der Waals surface area (Å²) in [7, 11) is -3.27. The average Bonchev–Trinajstić information content (AvgIpc) is 2.84. The number of anilines is 4. The van der Waals surface area contributed by atoms with Crippen LogP contribution in [0.15, 0.2) is 41.7 Å². The van der Waals surface area contributed by atoms with Gasteiger partial charge < -0.3 is 19.9 Å². The van der Waals surface area contributed by atoms with E-state index in [-0.39, 0.29) is 4.90 Å². The Balaban J connectivity index is 1.34. The van der Waals surface area contributed by atoms with Crippen LogP contribution in [0.5, 0.6) is 5.75 Å². The second-order valence-corrected chi connectivity index (χ2v) is 11.0. The Bertz CT molecular complexity index is 1340. The SMILES string of the molecule is Cc1ccnc(N2CCC(N3CCOc4c(Nc5ccc(S(C)(=O)=O)cc5C)ncnc43)CC2)n1. The number of nitrogens with zero attached hydrogens (tertiary/aromatic N) is 6. The molecule has 0 aliphatic carbocycles. The first-order valence-electron chi connectivity index (χ1n) is 11.7. The number of rotatable bonds is 5. The number of aryl methyl sites for hydroxylation is 2. The van der Waals surface area contributed by atoms with Crippen LogP contribution in [0.25, 0.3) is 0 Å². The maximum atomic E-state index is 11.9. The van der Waals surface area contributed by atoms with E-state index in [1.807, 2.05) is 26.1 Å². The summed E-state index contributed by atoms with van der Waals surface area (Å²) in [6.45, 7) is 6.91. The number of fused-ring (bicyclic) bond motifs is 1. The molecule has 35 heavy (non-hydrogen) atoms. The fraction of sp³-hybridized carbons (Fsp3) is 0.417. The number of benzene rings is 1. The number of hydrogen-bond donors (Lipinski definition) is 1. The molecule has 1 N–H and O–H groups in total. The molecule has 1 aromatic carbocycles. The molecule has 2 aliphatic rings. The molecule has 3 aromatic rings. The van der Waals surface area contributed by atoms with Gasteiger partial charge in [0.05, 0.1) is 11.4 Å². The van der Waals surface area contributed by atoms with Crippen molar-refractivity contribution in [3.05, 3.63) is 48.0 Å². The topological polar surface area (TPSA) is 113 Å². The molecule has 2 aromatic heterocycles. The summed E-state index contributed by atoms with van der Waals surface area (Å²) < 4.78 is 29.8. The van der Waals surface area contributed by atoms with E-state index >= 15 is 0 Å². The minimum absolute atomic E-state index is 0.287. The van der Waals surface area contributed by atoms with Crippen LogP contribution in [0.2, 0.25) is 0 Å². The molecule has 0 unspecified atom stereocenters. The van der Waals surface area contributed by atoms with Crippen molar-refractivity contribution >= 4 is 33.1 Å². The van der Waals surface area contributed by atoms with Gasteiger partial charge in [-0.05, 0) is 56.5 Å². The van der Waals surface area contributed by atoms with Crippen molar-refractivity contribution in [1.29, 1.82) is 0 Å². The highest BCUT2D eigenvalue weighted by Crippen LogP contribution is 2.39. The van der Waals surface area contributed by atoms with Gasteiger partial charge in [-0.3, -0.25) is 0 Å². The number of nitrogens with one attached hydrogen (secondary N) is 1. The fourth-order valence-electron chi connectivity index (χ4n) is 4.60. The molecule has 1 fully saturated rings. The van der Waals surface area contributed by atoms with Crippen LogP contribution in [0.3, 0.4) is 0 Å². The largest absolute Gasteiger partial charge is 0.485 e. The molecule has 2 aliphatic heterocycles. The zero-order chi connectivity index (χ0) is 24.6. The second kappa shape index (κ2) is 9.29. The van der Waals surface area contributed by atoms with Crippen molar-refractivity contribution in [2.24, 2.45) is 0 Å². The van der Waals surface area contributed by atoms with Crippen molar-refractivity contribution < 1.29 is 13.2 Å². The van der Waals surface area contributed by atoms with Gasteiger partial charge in [-0.15, -0.1) is 0 Å². The number of hydrogen-bond acceptors (Lipinski definition) is 10. The minimum atomic E-state index is -3.27. The Morgan fingerprint density at radius 2 is 1.86 bits per heavy atom. The van der Waals surface area contributed by atoms with Gasteiger partial charge in [-0.1, -0.05) is 0 Å². The van der Waals surface area contributed by atoms with Gasteiger partial charge in [0.25, 0.3) is 0 Å². The van der Waals surface area contributed by atoms with Gasteiger partial charge in [0.15, 0.2) is 21.5 Å². The standard InChI is InChI=1S/C24H29N7O3S/c1-16-14-19(35(3,32)33)4-5-20(16)29-22-21-23(27-15-26-22)31(12-13-34-21)18-7-10-30(11-8-18)24-25-9-6-17(2)28-24/h4-6,9,14-15,18H,7-8,10-13H2,1-3H3,(H,26,27,29). The van der Waals surface area contributed by atoms with Crippen LogP contribution in [0.4, 0.5) is 23.3 Å². The molecule has 0 spiro atoms. The van der Waals surface area contributed by atoms with Crippen LogP contribution in [0, 0.1) is 13.8 Å². The molecular formula is C24H29N7O3S. The minimum Gasteiger partial charge on any atom is -0.485 e. The number of aromatic nitrogens is 4. The highest BCUT2D eigenvalue weighted by atomic mass is 32.2. The predicted molar refractivity (Wildman–Crippen MR) is 134 cm³/mol. The van der Waals surface area contributed by atoms with Gasteiger partial charge in [0, 0.05) is 43.0 Å². The molecule has 0 saturated carbocycles. The van der Waals surface area contributed by atoms with Gasteiger partial charge in [-0.25, -0.2) is 28.4 Å². The van der Waals surface area contributed by atoms with E-state index in [0.717, 1.165) is 61.2 Å². The summed E-state index contributed by atoms with van der Waals surface area (Å²) in [6.07, 6.45) is 6.49. The van der Waals surface area contributed by atoms with Gasteiger partial charge >= 0.3 is 0 Å². The number of piperidine rings is 1. The zero-order valence-corrected chi connectivity index (χ0v) is 20.9. The van der Waals surface area contributed by atoms with Gasteiger partial charge in [0.1, 0.15) is 12.9 Å². The van der Waals surface area contributed by atoms with E-state index in [9.17, 15) is 8.42 Å². The maximum Gasteiger partial charge on any atom is 0.225 e. The molecule has 10 nitrogen and oxygen atoms in total. The van der Waals surface area contributed by atoms with Crippen molar-refractivity contribution in [2.75, 3.05) is 47.6 Å². The van der Waals surface area contributed by atoms with Crippen molar-refractivity contribution in [1.82, 2.24) is 19.9 Å². The lowest BCUT2D eigenvalue weighted by Gasteiger charge is -2.41. The van der Waals surface area contributed by atoms with E-state index in [1.165, 1.54) is 6.26 Å². The van der Waals surface area contributed by atoms with Crippen LogP contribution >= 0.6 is 0 Å². The number of sulfone groups is 1. The molecule has 4 heterocycles. The summed E-state index contributed by atoms with van der Waals surface area (Å²) in [5, 5.41) is 3.31. The fourth-order valence-corrected chi connectivity index (χ4v) is 5.30. The van der Waals surface area contributed by atoms with Gasteiger partial charge in [-0.2, -0.15) is 0 Å². The molecule has 1 saturated heterocycles. The number of ether oxygens (including phenoxy) is 1. The smallest absolute Gasteiger partial charge is 0.225 e. The molecule has 0 radical (unpaired) electrons. The zero-order valence-electron chi connectivity index (χ0n) is 20.1. The molecular weight excluding hydrogens is 466 g/mol. The normalized spacial score (nSPS) is 16.5. The van der Waals surface area contributed by atoms with Crippen molar-refractivity contribution in [3.8, 4) is 5.75 Å². The second-order valence-electron chi connectivity index (χ2n) is 9.01. The van der Waals surface area contributed by atoms with E-state index < -0.39 is 9.84 Å². The summed E-state index contributed by atoms with van der Waals surface area (Å²) >= 11 is 0. The summed E-state index contributed by atoms with van der Waals surface area (Å²) in [5.74, 6) is 2.76. The third-order valence-electron chi connectivity index (χ3n) is 6.48. The summed E-state index contributed by atoms with van der Waals surface area (Å²) in [6, 6.07) is 7.25. The quantitative estimate of drug-likeness (QED) is 0.567. The lowest BCUT2D eigenvalue weighted by molar-refractivity contribution is 0.290. The van der Waals surface area contributed by atoms with Crippen molar-refractivity contribution in [3.63, 3.8) is 0 Å². The van der Waals surface area contributed by atoms with Crippen molar-refractivity contribution in [2.45, 2.75) is 37.6 Å². The van der Waals surface area contributed by atoms with Crippen LogP contribution in [-0.4, -0.2) is 66.9 Å². The highest BCUT2D eigenvalue weighted by molar-refractivity contribution is 7.90. The van der Waals surface area contributed by atoms with E-state index in [1.54, 1.807) is 24.5 Å². The Kier molecular flexibility index (Phi) is 6.18. The van der Waals surface area contributed by atoms with E-state index in [0.29, 0.717) is 24.2 Å². The third kappa shape index (κ3) is 4.86. The predicted octanol–water partition coefficient (Wildman–Crippen LogP) is 2.90. The van der Waals surface area contributed by atoms with E-state index in [2.05, 4.69) is 35.1 Å². The Labute approximate surface area is 205 Å². The molecule has 0 bridgehead atoms. The van der Waals surface area contributed by atoms with Crippen LogP contribution in [-0.2, 0) is 9.84 Å². The molecule has 0 atom stereocenters. The lowest BCUT2D eigenvalue weighted by atomic mass is 10.0. The first-order chi connectivity index (χ1) is 16.8. The maximum absolute atomic E-state index is 11.9. The first kappa shape index (κ1) is 23.3. The summed E-state index contributed by atoms with van der Waals surface area (Å²) in [4.78, 5) is 22.8. The van der Waals surface area contributed by atoms with Gasteiger partial charge in [0.2, 0.25) is 11.7 Å². The molecule has 184 valence electrons. The van der Waals surface area contributed by atoms with E-state index in [4.69, 9.17) is 4.74 Å².